The molecular formula is C18H16N4O3S. The molecule has 1 aromatic heterocycles. The van der Waals surface area contributed by atoms with Crippen LogP contribution in [0.25, 0.3) is 10.8 Å². The molecular weight excluding hydrogens is 352 g/mol. The van der Waals surface area contributed by atoms with Crippen LogP contribution in [0.4, 0.5) is 5.95 Å². The summed E-state index contributed by atoms with van der Waals surface area (Å²) in [4.78, 5) is 19.9. The van der Waals surface area contributed by atoms with Gasteiger partial charge in [0.15, 0.2) is 5.69 Å². The average Bonchev–Trinajstić information content (AvgIpc) is 2.94. The number of nitrogens with one attached hydrogen (secondary N) is 2. The smallest absolute Gasteiger partial charge is 0.261 e. The number of hydrogen-bond donors (Lipinski definition) is 3. The number of nitrogens with zero attached hydrogens (tertiary/aromatic N) is 2. The number of nitriles is 1. The van der Waals surface area contributed by atoms with Crippen molar-refractivity contribution in [1.29, 1.82) is 5.26 Å². The fourth-order valence-corrected chi connectivity index (χ4v) is 3.65. The first-order valence-electron chi connectivity index (χ1n) is 7.70. The van der Waals surface area contributed by atoms with Gasteiger partial charge in [-0.1, -0.05) is 18.2 Å². The number of phenols is 1. The number of rotatable bonds is 3. The average molecular weight is 368 g/mol. The number of anilines is 1. The second kappa shape index (κ2) is 6.61. The molecule has 0 saturated carbocycles. The Morgan fingerprint density at radius 1 is 1.38 bits per heavy atom. The lowest BCUT2D eigenvalue weighted by atomic mass is 10.0. The predicted molar refractivity (Wildman–Crippen MR) is 98.7 cm³/mol. The van der Waals surface area contributed by atoms with Gasteiger partial charge in [0, 0.05) is 21.9 Å². The molecule has 3 aromatic rings. The van der Waals surface area contributed by atoms with Gasteiger partial charge in [0.2, 0.25) is 5.95 Å². The maximum Gasteiger partial charge on any atom is 0.261 e. The monoisotopic (exact) mass is 368 g/mol. The first kappa shape index (κ1) is 17.6. The van der Waals surface area contributed by atoms with Gasteiger partial charge in [0.1, 0.15) is 11.8 Å². The first-order valence-corrected chi connectivity index (χ1v) is 9.26. The van der Waals surface area contributed by atoms with Crippen LogP contribution >= 0.6 is 0 Å². The number of hydrogen-bond acceptors (Lipinski definition) is 5. The highest BCUT2D eigenvalue weighted by Gasteiger charge is 2.20. The SMILES string of the molecule is Cc1[nH]c(NC(=O)c2cc(S(C)=O)c3c(C)cccc3c2O)nc1C#N. The Hall–Kier alpha value is -3.18. The molecule has 1 unspecified atom stereocenters. The van der Waals surface area contributed by atoms with Crippen molar-refractivity contribution >= 4 is 33.4 Å². The number of carbonyl (C=O) groups is 1. The second-order valence-electron chi connectivity index (χ2n) is 5.85. The third-order valence-corrected chi connectivity index (χ3v) is 5.02. The number of imidazole rings is 1. The van der Waals surface area contributed by atoms with Crippen molar-refractivity contribution in [2.24, 2.45) is 0 Å². The summed E-state index contributed by atoms with van der Waals surface area (Å²) in [5, 5.41) is 23.2. The number of aryl methyl sites for hydroxylation is 2. The molecule has 0 aliphatic carbocycles. The van der Waals surface area contributed by atoms with Gasteiger partial charge in [-0.15, -0.1) is 0 Å². The van der Waals surface area contributed by atoms with Crippen molar-refractivity contribution in [2.45, 2.75) is 18.7 Å². The number of fused-ring (bicyclic) bond motifs is 1. The van der Waals surface area contributed by atoms with Gasteiger partial charge in [0.05, 0.1) is 22.1 Å². The molecule has 8 heteroatoms. The van der Waals surface area contributed by atoms with Crippen LogP contribution < -0.4 is 5.32 Å². The highest BCUT2D eigenvalue weighted by atomic mass is 32.2. The molecule has 3 rings (SSSR count). The van der Waals surface area contributed by atoms with E-state index in [1.54, 1.807) is 19.1 Å². The first-order chi connectivity index (χ1) is 12.3. The van der Waals surface area contributed by atoms with E-state index in [9.17, 15) is 14.1 Å². The second-order valence-corrected chi connectivity index (χ2v) is 7.20. The molecule has 26 heavy (non-hydrogen) atoms. The van der Waals surface area contributed by atoms with Crippen LogP contribution in [0.3, 0.4) is 0 Å². The number of H-pyrrole nitrogens is 1. The quantitative estimate of drug-likeness (QED) is 0.657. The Morgan fingerprint density at radius 2 is 2.12 bits per heavy atom. The molecule has 1 amide bonds. The van der Waals surface area contributed by atoms with Crippen LogP contribution in [0.5, 0.6) is 5.75 Å². The van der Waals surface area contributed by atoms with E-state index in [2.05, 4.69) is 15.3 Å². The molecule has 0 saturated heterocycles. The zero-order valence-corrected chi connectivity index (χ0v) is 15.2. The molecule has 0 radical (unpaired) electrons. The molecule has 0 aliphatic heterocycles. The lowest BCUT2D eigenvalue weighted by Gasteiger charge is -2.13. The van der Waals surface area contributed by atoms with Gasteiger partial charge in [0.25, 0.3) is 5.91 Å². The Labute approximate surface area is 152 Å². The van der Waals surface area contributed by atoms with Gasteiger partial charge >= 0.3 is 0 Å². The molecule has 1 atom stereocenters. The summed E-state index contributed by atoms with van der Waals surface area (Å²) in [6.07, 6.45) is 1.52. The number of aromatic nitrogens is 2. The Bertz CT molecular complexity index is 1110. The Kier molecular flexibility index (Phi) is 4.49. The predicted octanol–water partition coefficient (Wildman–Crippen LogP) is 2.75. The van der Waals surface area contributed by atoms with Crippen LogP contribution in [0.1, 0.15) is 27.3 Å². The topological polar surface area (TPSA) is 119 Å². The third-order valence-electron chi connectivity index (χ3n) is 4.08. The standard InChI is InChI=1S/C18H16N4O3S/c1-9-5-4-6-11-15(9)14(26(3)25)7-12(16(11)23)17(24)22-18-20-10(2)13(8-19)21-18/h4-7,23H,1-3H3,(H2,20,21,22,24). The lowest BCUT2D eigenvalue weighted by Crippen LogP contribution is -2.14. The number of carbonyl (C=O) groups excluding carboxylic acids is 1. The summed E-state index contributed by atoms with van der Waals surface area (Å²) in [5.41, 5.74) is 1.54. The Balaban J connectivity index is 2.12. The van der Waals surface area contributed by atoms with Gasteiger partial charge in [-0.2, -0.15) is 5.26 Å². The van der Waals surface area contributed by atoms with Crippen molar-refractivity contribution in [3.05, 3.63) is 46.8 Å². The Morgan fingerprint density at radius 3 is 2.73 bits per heavy atom. The van der Waals surface area contributed by atoms with Crippen LogP contribution in [-0.4, -0.2) is 31.4 Å². The number of benzene rings is 2. The zero-order chi connectivity index (χ0) is 19.0. The van der Waals surface area contributed by atoms with E-state index in [1.807, 2.05) is 19.1 Å². The highest BCUT2D eigenvalue weighted by Crippen LogP contribution is 2.35. The molecule has 2 aromatic carbocycles. The van der Waals surface area contributed by atoms with E-state index in [1.165, 1.54) is 12.3 Å². The number of aromatic hydroxyl groups is 1. The normalized spacial score (nSPS) is 11.9. The van der Waals surface area contributed by atoms with Gasteiger partial charge < -0.3 is 10.1 Å². The third kappa shape index (κ3) is 2.93. The van der Waals surface area contributed by atoms with Gasteiger partial charge in [-0.3, -0.25) is 14.3 Å². The van der Waals surface area contributed by atoms with E-state index < -0.39 is 16.7 Å². The van der Waals surface area contributed by atoms with E-state index in [-0.39, 0.29) is 23.0 Å². The summed E-state index contributed by atoms with van der Waals surface area (Å²) >= 11 is 0. The highest BCUT2D eigenvalue weighted by molar-refractivity contribution is 7.84. The van der Waals surface area contributed by atoms with E-state index in [0.29, 0.717) is 21.4 Å². The summed E-state index contributed by atoms with van der Waals surface area (Å²) in [6.45, 7) is 3.52. The van der Waals surface area contributed by atoms with E-state index >= 15 is 0 Å². The maximum absolute atomic E-state index is 12.6. The summed E-state index contributed by atoms with van der Waals surface area (Å²) in [7, 11) is -1.35. The van der Waals surface area contributed by atoms with E-state index in [4.69, 9.17) is 5.26 Å². The lowest BCUT2D eigenvalue weighted by molar-refractivity contribution is 0.102. The van der Waals surface area contributed by atoms with Crippen LogP contribution in [0.15, 0.2) is 29.2 Å². The van der Waals surface area contributed by atoms with Crippen LogP contribution in [0, 0.1) is 25.2 Å². The summed E-state index contributed by atoms with van der Waals surface area (Å²) in [6, 6.07) is 8.63. The van der Waals surface area contributed by atoms with Gasteiger partial charge in [-0.05, 0) is 25.5 Å². The molecule has 0 spiro atoms. The van der Waals surface area contributed by atoms with E-state index in [0.717, 1.165) is 5.56 Å². The van der Waals surface area contributed by atoms with Gasteiger partial charge in [-0.25, -0.2) is 4.98 Å². The van der Waals surface area contributed by atoms with Crippen molar-refractivity contribution in [3.63, 3.8) is 0 Å². The van der Waals surface area contributed by atoms with Crippen LogP contribution in [-0.2, 0) is 10.8 Å². The minimum Gasteiger partial charge on any atom is -0.506 e. The summed E-state index contributed by atoms with van der Waals surface area (Å²) in [5.74, 6) is -0.706. The largest absolute Gasteiger partial charge is 0.506 e. The summed E-state index contributed by atoms with van der Waals surface area (Å²) < 4.78 is 12.2. The molecule has 0 aliphatic rings. The number of aromatic amines is 1. The van der Waals surface area contributed by atoms with Crippen LogP contribution in [0.2, 0.25) is 0 Å². The molecule has 0 fully saturated rings. The molecule has 3 N–H and O–H groups in total. The van der Waals surface area contributed by atoms with Crippen molar-refractivity contribution in [1.82, 2.24) is 9.97 Å². The van der Waals surface area contributed by atoms with Crippen molar-refractivity contribution < 1.29 is 14.1 Å². The minimum atomic E-state index is -1.35. The molecule has 0 bridgehead atoms. The molecule has 1 heterocycles. The minimum absolute atomic E-state index is 0.0131. The zero-order valence-electron chi connectivity index (χ0n) is 14.4. The fraction of sp³-hybridized carbons (Fsp3) is 0.167. The molecule has 132 valence electrons. The van der Waals surface area contributed by atoms with Crippen molar-refractivity contribution in [2.75, 3.05) is 11.6 Å². The number of phenolic OH excluding ortho intramolecular Hbond substituents is 1. The van der Waals surface area contributed by atoms with Crippen molar-refractivity contribution in [3.8, 4) is 11.8 Å². The molecule has 7 nitrogen and oxygen atoms in total. The maximum atomic E-state index is 12.6. The number of amides is 1. The fourth-order valence-electron chi connectivity index (χ4n) is 2.81.